The smallest absolute Gasteiger partial charge is 0.263 e. The second kappa shape index (κ2) is 8.44. The van der Waals surface area contributed by atoms with Crippen molar-refractivity contribution in [2.24, 2.45) is 0 Å². The van der Waals surface area contributed by atoms with Gasteiger partial charge in [0.15, 0.2) is 6.61 Å². The minimum Gasteiger partial charge on any atom is -0.484 e. The van der Waals surface area contributed by atoms with E-state index >= 15 is 0 Å². The Morgan fingerprint density at radius 1 is 1.00 bits per heavy atom. The first kappa shape index (κ1) is 16.4. The predicted octanol–water partition coefficient (Wildman–Crippen LogP) is 3.11. The fourth-order valence-electron chi connectivity index (χ4n) is 2.12. The van der Waals surface area contributed by atoms with Crippen LogP contribution >= 0.6 is 0 Å². The molecule has 2 N–H and O–H groups in total. The van der Waals surface area contributed by atoms with Crippen LogP contribution in [-0.4, -0.2) is 22.5 Å². The number of aromatic nitrogens is 2. The minimum atomic E-state index is -0.256. The zero-order valence-electron chi connectivity index (χ0n) is 13.6. The fraction of sp³-hybridized carbons (Fsp3) is 0.105. The molecule has 3 aromatic rings. The van der Waals surface area contributed by atoms with E-state index in [2.05, 4.69) is 20.6 Å². The SMILES string of the molecule is O=C(COc1ccccc1)Nc1ccc(NCc2ccncc2)cn1. The molecule has 0 aliphatic heterocycles. The summed E-state index contributed by atoms with van der Waals surface area (Å²) < 4.78 is 5.39. The number of anilines is 2. The first-order chi connectivity index (χ1) is 12.3. The van der Waals surface area contributed by atoms with Crippen molar-refractivity contribution in [1.82, 2.24) is 9.97 Å². The molecule has 6 heteroatoms. The van der Waals surface area contributed by atoms with Gasteiger partial charge in [0.2, 0.25) is 0 Å². The van der Waals surface area contributed by atoms with Gasteiger partial charge in [-0.15, -0.1) is 0 Å². The van der Waals surface area contributed by atoms with E-state index in [0.29, 0.717) is 18.1 Å². The van der Waals surface area contributed by atoms with Crippen LogP contribution in [0.15, 0.2) is 73.2 Å². The molecule has 0 unspecified atom stereocenters. The van der Waals surface area contributed by atoms with Gasteiger partial charge in [-0.3, -0.25) is 9.78 Å². The van der Waals surface area contributed by atoms with Crippen LogP contribution in [0.1, 0.15) is 5.56 Å². The van der Waals surface area contributed by atoms with Crippen LogP contribution in [0, 0.1) is 0 Å². The maximum absolute atomic E-state index is 11.9. The Balaban J connectivity index is 1.46. The van der Waals surface area contributed by atoms with Gasteiger partial charge in [-0.1, -0.05) is 18.2 Å². The van der Waals surface area contributed by atoms with Crippen molar-refractivity contribution in [1.29, 1.82) is 0 Å². The van der Waals surface area contributed by atoms with Crippen molar-refractivity contribution in [2.75, 3.05) is 17.2 Å². The average molecular weight is 334 g/mol. The molecule has 25 heavy (non-hydrogen) atoms. The summed E-state index contributed by atoms with van der Waals surface area (Å²) in [5.74, 6) is 0.881. The number of rotatable bonds is 7. The topological polar surface area (TPSA) is 76.1 Å². The Hall–Kier alpha value is -3.41. The molecule has 1 aromatic carbocycles. The molecule has 0 fully saturated rings. The summed E-state index contributed by atoms with van der Waals surface area (Å²) in [7, 11) is 0. The molecule has 0 spiro atoms. The minimum absolute atomic E-state index is 0.0618. The Morgan fingerprint density at radius 2 is 1.80 bits per heavy atom. The lowest BCUT2D eigenvalue weighted by molar-refractivity contribution is -0.118. The lowest BCUT2D eigenvalue weighted by Gasteiger charge is -2.09. The third-order valence-electron chi connectivity index (χ3n) is 3.39. The summed E-state index contributed by atoms with van der Waals surface area (Å²) in [5.41, 5.74) is 2.00. The molecule has 0 bridgehead atoms. The van der Waals surface area contributed by atoms with E-state index in [-0.39, 0.29) is 12.5 Å². The lowest BCUT2D eigenvalue weighted by atomic mass is 10.2. The molecular formula is C19H18N4O2. The van der Waals surface area contributed by atoms with Crippen molar-refractivity contribution in [3.63, 3.8) is 0 Å². The number of carbonyl (C=O) groups is 1. The van der Waals surface area contributed by atoms with Gasteiger partial charge in [0.05, 0.1) is 11.9 Å². The number of amides is 1. The van der Waals surface area contributed by atoms with Crippen molar-refractivity contribution < 1.29 is 9.53 Å². The van der Waals surface area contributed by atoms with Gasteiger partial charge in [0.25, 0.3) is 5.91 Å². The zero-order chi connectivity index (χ0) is 17.3. The largest absolute Gasteiger partial charge is 0.484 e. The number of hydrogen-bond donors (Lipinski definition) is 2. The molecular weight excluding hydrogens is 316 g/mol. The highest BCUT2D eigenvalue weighted by Crippen LogP contribution is 2.12. The predicted molar refractivity (Wildman–Crippen MR) is 96.4 cm³/mol. The summed E-state index contributed by atoms with van der Waals surface area (Å²) in [6.07, 6.45) is 5.19. The third kappa shape index (κ3) is 5.31. The van der Waals surface area contributed by atoms with Crippen LogP contribution in [0.25, 0.3) is 0 Å². The van der Waals surface area contributed by atoms with Gasteiger partial charge in [0.1, 0.15) is 11.6 Å². The number of ether oxygens (including phenoxy) is 1. The Labute approximate surface area is 145 Å². The maximum Gasteiger partial charge on any atom is 0.263 e. The number of benzene rings is 1. The van der Waals surface area contributed by atoms with Crippen LogP contribution in [0.5, 0.6) is 5.75 Å². The number of nitrogens with zero attached hydrogens (tertiary/aromatic N) is 2. The van der Waals surface area contributed by atoms with E-state index in [1.165, 1.54) is 0 Å². The summed E-state index contributed by atoms with van der Waals surface area (Å²) in [6, 6.07) is 16.7. The Morgan fingerprint density at radius 3 is 2.52 bits per heavy atom. The highest BCUT2D eigenvalue weighted by molar-refractivity contribution is 5.91. The van der Waals surface area contributed by atoms with Crippen LogP contribution in [0.4, 0.5) is 11.5 Å². The molecule has 1 amide bonds. The Kier molecular flexibility index (Phi) is 5.56. The average Bonchev–Trinajstić information content (AvgIpc) is 2.67. The second-order valence-corrected chi connectivity index (χ2v) is 5.29. The number of pyridine rings is 2. The highest BCUT2D eigenvalue weighted by Gasteiger charge is 2.04. The summed E-state index contributed by atoms with van der Waals surface area (Å²) in [4.78, 5) is 20.1. The molecule has 0 aliphatic carbocycles. The Bertz CT molecular complexity index is 793. The lowest BCUT2D eigenvalue weighted by Crippen LogP contribution is -2.20. The quantitative estimate of drug-likeness (QED) is 0.694. The summed E-state index contributed by atoms with van der Waals surface area (Å²) in [6.45, 7) is 0.620. The molecule has 0 aliphatic rings. The summed E-state index contributed by atoms with van der Waals surface area (Å²) in [5, 5.41) is 5.96. The normalized spacial score (nSPS) is 10.1. The number of nitrogens with one attached hydrogen (secondary N) is 2. The standard InChI is InChI=1S/C19H18N4O2/c24-19(14-25-17-4-2-1-3-5-17)23-18-7-6-16(13-22-18)21-12-15-8-10-20-11-9-15/h1-11,13,21H,12,14H2,(H,22,23,24). The molecule has 0 atom stereocenters. The molecule has 2 aromatic heterocycles. The molecule has 0 saturated heterocycles. The van der Waals surface area contributed by atoms with Crippen LogP contribution in [0.3, 0.4) is 0 Å². The van der Waals surface area contributed by atoms with Crippen molar-refractivity contribution in [2.45, 2.75) is 6.54 Å². The molecule has 126 valence electrons. The van der Waals surface area contributed by atoms with Gasteiger partial charge in [-0.05, 0) is 42.0 Å². The fourth-order valence-corrected chi connectivity index (χ4v) is 2.12. The molecule has 0 saturated carbocycles. The van der Waals surface area contributed by atoms with E-state index in [4.69, 9.17) is 4.74 Å². The van der Waals surface area contributed by atoms with E-state index in [0.717, 1.165) is 11.3 Å². The molecule has 2 heterocycles. The van der Waals surface area contributed by atoms with Crippen molar-refractivity contribution in [3.8, 4) is 5.75 Å². The number of hydrogen-bond acceptors (Lipinski definition) is 5. The number of para-hydroxylation sites is 1. The van der Waals surface area contributed by atoms with Crippen molar-refractivity contribution >= 4 is 17.4 Å². The molecule has 0 radical (unpaired) electrons. The monoisotopic (exact) mass is 334 g/mol. The van der Waals surface area contributed by atoms with Crippen molar-refractivity contribution in [3.05, 3.63) is 78.8 Å². The van der Waals surface area contributed by atoms with E-state index in [9.17, 15) is 4.79 Å². The third-order valence-corrected chi connectivity index (χ3v) is 3.39. The van der Waals surface area contributed by atoms with E-state index in [1.54, 1.807) is 36.8 Å². The van der Waals surface area contributed by atoms with Crippen LogP contribution in [0.2, 0.25) is 0 Å². The first-order valence-corrected chi connectivity index (χ1v) is 7.86. The van der Waals surface area contributed by atoms with Gasteiger partial charge >= 0.3 is 0 Å². The maximum atomic E-state index is 11.9. The zero-order valence-corrected chi connectivity index (χ0v) is 13.6. The second-order valence-electron chi connectivity index (χ2n) is 5.29. The summed E-state index contributed by atoms with van der Waals surface area (Å²) >= 11 is 0. The van der Waals surface area contributed by atoms with Gasteiger partial charge in [0, 0.05) is 18.9 Å². The van der Waals surface area contributed by atoms with E-state index in [1.807, 2.05) is 36.4 Å². The van der Waals surface area contributed by atoms with Crippen LogP contribution < -0.4 is 15.4 Å². The van der Waals surface area contributed by atoms with E-state index < -0.39 is 0 Å². The van der Waals surface area contributed by atoms with Gasteiger partial charge in [-0.25, -0.2) is 4.98 Å². The van der Waals surface area contributed by atoms with Gasteiger partial charge < -0.3 is 15.4 Å². The molecule has 6 nitrogen and oxygen atoms in total. The first-order valence-electron chi connectivity index (χ1n) is 7.86. The molecule has 3 rings (SSSR count). The number of carbonyl (C=O) groups excluding carboxylic acids is 1. The van der Waals surface area contributed by atoms with Crippen LogP contribution in [-0.2, 0) is 11.3 Å². The van der Waals surface area contributed by atoms with Gasteiger partial charge in [-0.2, -0.15) is 0 Å². The highest BCUT2D eigenvalue weighted by atomic mass is 16.5.